The van der Waals surface area contributed by atoms with E-state index in [0.29, 0.717) is 0 Å². The number of thiazole rings is 1. The minimum atomic E-state index is 0.156. The Hall–Kier alpha value is -1.39. The summed E-state index contributed by atoms with van der Waals surface area (Å²) in [6, 6.07) is 8.33. The average molecular weight is 276 g/mol. The van der Waals surface area contributed by atoms with Gasteiger partial charge in [0, 0.05) is 10.4 Å². The summed E-state index contributed by atoms with van der Waals surface area (Å²) in [6.07, 6.45) is 1.10. The molecule has 1 atom stereocenters. The van der Waals surface area contributed by atoms with Gasteiger partial charge in [-0.25, -0.2) is 4.98 Å². The van der Waals surface area contributed by atoms with Crippen LogP contribution in [0.3, 0.4) is 0 Å². The summed E-state index contributed by atoms with van der Waals surface area (Å²) in [7, 11) is 1.72. The van der Waals surface area contributed by atoms with E-state index in [9.17, 15) is 0 Å². The number of nitrogens with zero attached hydrogens (tertiary/aromatic N) is 1. The van der Waals surface area contributed by atoms with Crippen LogP contribution in [0.15, 0.2) is 29.8 Å². The van der Waals surface area contributed by atoms with Crippen molar-refractivity contribution in [2.24, 2.45) is 0 Å². The first kappa shape index (κ1) is 14.0. The van der Waals surface area contributed by atoms with Gasteiger partial charge in [0.15, 0.2) is 0 Å². The molecule has 1 N–H and O–H groups in total. The molecule has 2 aromatic rings. The van der Waals surface area contributed by atoms with Crippen LogP contribution in [0, 0.1) is 6.92 Å². The molecule has 1 aromatic carbocycles. The van der Waals surface area contributed by atoms with Gasteiger partial charge in [-0.15, -0.1) is 11.3 Å². The Labute approximate surface area is 118 Å². The molecule has 0 spiro atoms. The highest BCUT2D eigenvalue weighted by molar-refractivity contribution is 7.09. The number of ether oxygens (including phenoxy) is 1. The van der Waals surface area contributed by atoms with Gasteiger partial charge >= 0.3 is 0 Å². The van der Waals surface area contributed by atoms with Crippen molar-refractivity contribution in [1.82, 2.24) is 10.3 Å². The maximum absolute atomic E-state index is 5.49. The van der Waals surface area contributed by atoms with Crippen molar-refractivity contribution in [3.05, 3.63) is 45.9 Å². The number of aromatic nitrogens is 1. The van der Waals surface area contributed by atoms with E-state index in [0.717, 1.165) is 24.4 Å². The molecule has 0 aliphatic carbocycles. The summed E-state index contributed by atoms with van der Waals surface area (Å²) < 4.78 is 5.49. The molecule has 19 heavy (non-hydrogen) atoms. The Morgan fingerprint density at radius 1 is 1.37 bits per heavy atom. The fourth-order valence-corrected chi connectivity index (χ4v) is 3.02. The van der Waals surface area contributed by atoms with E-state index in [4.69, 9.17) is 4.74 Å². The predicted octanol–water partition coefficient (Wildman–Crippen LogP) is 3.55. The van der Waals surface area contributed by atoms with Gasteiger partial charge in [-0.1, -0.05) is 25.1 Å². The number of methoxy groups -OCH3 is 1. The number of benzene rings is 1. The summed E-state index contributed by atoms with van der Waals surface area (Å²) in [5.41, 5.74) is 4.16. The first-order valence-electron chi connectivity index (χ1n) is 6.54. The monoisotopic (exact) mass is 276 g/mol. The largest absolute Gasteiger partial charge is 0.496 e. The maximum Gasteiger partial charge on any atom is 0.124 e. The first-order chi connectivity index (χ1) is 9.27. The van der Waals surface area contributed by atoms with E-state index < -0.39 is 0 Å². The lowest BCUT2D eigenvalue weighted by atomic mass is 10.0. The fraction of sp³-hybridized carbons (Fsp3) is 0.400. The Morgan fingerprint density at radius 3 is 2.79 bits per heavy atom. The number of aryl methyl sites for hydroxylation is 1. The van der Waals surface area contributed by atoms with Crippen LogP contribution in [0.25, 0.3) is 0 Å². The lowest BCUT2D eigenvalue weighted by Crippen LogP contribution is -2.23. The summed E-state index contributed by atoms with van der Waals surface area (Å²) in [5.74, 6) is 0.920. The molecule has 0 aliphatic rings. The van der Waals surface area contributed by atoms with Crippen LogP contribution in [-0.2, 0) is 0 Å². The highest BCUT2D eigenvalue weighted by atomic mass is 32.1. The predicted molar refractivity (Wildman–Crippen MR) is 80.0 cm³/mol. The molecule has 4 heteroatoms. The lowest BCUT2D eigenvalue weighted by Gasteiger charge is -2.20. The Morgan fingerprint density at radius 2 is 2.16 bits per heavy atom. The zero-order valence-electron chi connectivity index (χ0n) is 11.6. The fourth-order valence-electron chi connectivity index (χ4n) is 2.13. The number of hydrogen-bond acceptors (Lipinski definition) is 4. The van der Waals surface area contributed by atoms with Gasteiger partial charge in [-0.05, 0) is 26.0 Å². The van der Waals surface area contributed by atoms with Crippen molar-refractivity contribution in [2.45, 2.75) is 26.3 Å². The van der Waals surface area contributed by atoms with E-state index in [2.05, 4.69) is 36.3 Å². The minimum absolute atomic E-state index is 0.156. The lowest BCUT2D eigenvalue weighted by molar-refractivity contribution is 0.404. The van der Waals surface area contributed by atoms with Crippen LogP contribution in [0.2, 0.25) is 0 Å². The number of rotatable bonds is 6. The molecule has 0 bridgehead atoms. The van der Waals surface area contributed by atoms with Crippen molar-refractivity contribution in [3.8, 4) is 5.75 Å². The zero-order valence-corrected chi connectivity index (χ0v) is 12.5. The van der Waals surface area contributed by atoms with Crippen LogP contribution in [-0.4, -0.2) is 18.6 Å². The van der Waals surface area contributed by atoms with Crippen molar-refractivity contribution in [3.63, 3.8) is 0 Å². The third-order valence-electron chi connectivity index (χ3n) is 3.09. The molecular weight excluding hydrogens is 256 g/mol. The summed E-state index contributed by atoms with van der Waals surface area (Å²) in [4.78, 5) is 5.63. The highest BCUT2D eigenvalue weighted by Gasteiger charge is 2.20. The van der Waals surface area contributed by atoms with Gasteiger partial charge in [0.2, 0.25) is 0 Å². The standard InChI is InChI=1S/C15H20N2OS/c1-4-9-16-14(15-11(2)17-10-19-15)12-7-5-6-8-13(12)18-3/h5-8,10,14,16H,4,9H2,1-3H3. The topological polar surface area (TPSA) is 34.1 Å². The molecule has 0 aliphatic heterocycles. The summed E-state index contributed by atoms with van der Waals surface area (Å²) in [5, 5.41) is 3.59. The molecule has 2 rings (SSSR count). The van der Waals surface area contributed by atoms with Crippen LogP contribution >= 0.6 is 11.3 Å². The molecule has 1 heterocycles. The van der Waals surface area contributed by atoms with Crippen molar-refractivity contribution in [2.75, 3.05) is 13.7 Å². The van der Waals surface area contributed by atoms with E-state index in [1.807, 2.05) is 17.6 Å². The summed E-state index contributed by atoms with van der Waals surface area (Å²) in [6.45, 7) is 5.20. The number of para-hydroxylation sites is 1. The van der Waals surface area contributed by atoms with E-state index in [-0.39, 0.29) is 6.04 Å². The average Bonchev–Trinajstić information content (AvgIpc) is 2.86. The second kappa shape index (κ2) is 6.68. The van der Waals surface area contributed by atoms with Crippen LogP contribution in [0.5, 0.6) is 5.75 Å². The minimum Gasteiger partial charge on any atom is -0.496 e. The Balaban J connectivity index is 2.40. The van der Waals surface area contributed by atoms with Gasteiger partial charge in [0.1, 0.15) is 5.75 Å². The van der Waals surface area contributed by atoms with Crippen LogP contribution in [0.1, 0.15) is 35.5 Å². The second-order valence-corrected chi connectivity index (χ2v) is 5.32. The van der Waals surface area contributed by atoms with Gasteiger partial charge in [-0.2, -0.15) is 0 Å². The molecule has 0 amide bonds. The van der Waals surface area contributed by atoms with Crippen molar-refractivity contribution in [1.29, 1.82) is 0 Å². The van der Waals surface area contributed by atoms with Crippen LogP contribution in [0.4, 0.5) is 0 Å². The Kier molecular flexibility index (Phi) is 4.93. The van der Waals surface area contributed by atoms with E-state index in [1.165, 1.54) is 10.4 Å². The van der Waals surface area contributed by atoms with E-state index in [1.54, 1.807) is 18.4 Å². The second-order valence-electron chi connectivity index (χ2n) is 4.43. The number of hydrogen-bond donors (Lipinski definition) is 1. The molecule has 102 valence electrons. The molecule has 0 saturated carbocycles. The molecule has 3 nitrogen and oxygen atoms in total. The molecule has 1 unspecified atom stereocenters. The molecule has 0 saturated heterocycles. The third-order valence-corrected chi connectivity index (χ3v) is 4.09. The molecule has 1 aromatic heterocycles. The quantitative estimate of drug-likeness (QED) is 0.876. The highest BCUT2D eigenvalue weighted by Crippen LogP contribution is 2.33. The van der Waals surface area contributed by atoms with Gasteiger partial charge < -0.3 is 10.1 Å². The Bertz CT molecular complexity index is 524. The molecular formula is C15H20N2OS. The van der Waals surface area contributed by atoms with E-state index >= 15 is 0 Å². The molecule has 0 fully saturated rings. The smallest absolute Gasteiger partial charge is 0.124 e. The van der Waals surface area contributed by atoms with Gasteiger partial charge in [-0.3, -0.25) is 0 Å². The molecule has 0 radical (unpaired) electrons. The van der Waals surface area contributed by atoms with Gasteiger partial charge in [0.25, 0.3) is 0 Å². The van der Waals surface area contributed by atoms with Crippen molar-refractivity contribution >= 4 is 11.3 Å². The maximum atomic E-state index is 5.49. The SMILES string of the molecule is CCCNC(c1ccccc1OC)c1scnc1C. The van der Waals surface area contributed by atoms with Crippen LogP contribution < -0.4 is 10.1 Å². The third kappa shape index (κ3) is 3.14. The van der Waals surface area contributed by atoms with Gasteiger partial charge in [0.05, 0.1) is 24.4 Å². The first-order valence-corrected chi connectivity index (χ1v) is 7.42. The zero-order chi connectivity index (χ0) is 13.7. The number of nitrogens with one attached hydrogen (secondary N) is 1. The van der Waals surface area contributed by atoms with Crippen molar-refractivity contribution < 1.29 is 4.74 Å². The normalized spacial score (nSPS) is 12.4. The summed E-state index contributed by atoms with van der Waals surface area (Å²) >= 11 is 1.69.